The molecular weight excluding hydrogens is 709 g/mol. The maximum atomic E-state index is 2.26. The molecule has 0 aromatic heterocycles. The highest BCUT2D eigenvalue weighted by Gasteiger charge is 2.06. The Balaban J connectivity index is -0.000000196. The Bertz CT molecular complexity index is 1510. The first-order valence-corrected chi connectivity index (χ1v) is 23.3. The molecule has 3 aromatic carbocycles. The van der Waals surface area contributed by atoms with Gasteiger partial charge in [-0.3, -0.25) is 0 Å². The standard InChI is InChI=1S/3C11H16.2C8H12.5C2H6/c3*1-7-6-8(2)10(4)11(5)9(7)3;2*1-6-4-7(2)8(3)5-6;5*1-2/h3*6H,1-5H3;2*4H,5H2,1-3H3;5*1-2H3. The third-order valence-corrected chi connectivity index (χ3v) is 11.6. The summed E-state index contributed by atoms with van der Waals surface area (Å²) in [5, 5.41) is 0. The Hall–Kier alpha value is -3.38. The minimum atomic E-state index is 1.20. The van der Waals surface area contributed by atoms with Gasteiger partial charge >= 0.3 is 0 Å². The summed E-state index contributed by atoms with van der Waals surface area (Å²) in [6.45, 7) is 65.9. The van der Waals surface area contributed by atoms with Crippen molar-refractivity contribution < 1.29 is 0 Å². The van der Waals surface area contributed by atoms with E-state index in [9.17, 15) is 0 Å². The van der Waals surface area contributed by atoms with Gasteiger partial charge in [-0.15, -0.1) is 0 Å². The van der Waals surface area contributed by atoms with E-state index in [1.807, 2.05) is 69.2 Å². The van der Waals surface area contributed by atoms with Gasteiger partial charge in [0.2, 0.25) is 0 Å². The third-order valence-electron chi connectivity index (χ3n) is 11.6. The number of hydrogen-bond acceptors (Lipinski definition) is 0. The molecule has 0 heteroatoms. The molecule has 0 heterocycles. The van der Waals surface area contributed by atoms with Gasteiger partial charge in [-0.05, 0) is 242 Å². The number of rotatable bonds is 0. The first-order chi connectivity index (χ1) is 27.5. The lowest BCUT2D eigenvalue weighted by atomic mass is 9.96. The van der Waals surface area contributed by atoms with Gasteiger partial charge in [0, 0.05) is 0 Å². The minimum absolute atomic E-state index is 1.20. The molecule has 0 N–H and O–H groups in total. The quantitative estimate of drug-likeness (QED) is 0.212. The van der Waals surface area contributed by atoms with Crippen LogP contribution < -0.4 is 0 Å². The molecular formula is C59H102. The van der Waals surface area contributed by atoms with E-state index >= 15 is 0 Å². The molecule has 0 saturated heterocycles. The normalized spacial score (nSPS) is 11.6. The highest BCUT2D eigenvalue weighted by molar-refractivity contribution is 5.45. The zero-order chi connectivity index (χ0) is 48.1. The third kappa shape index (κ3) is 23.3. The van der Waals surface area contributed by atoms with Crippen molar-refractivity contribution >= 4 is 0 Å². The summed E-state index contributed by atoms with van der Waals surface area (Å²) in [4.78, 5) is 0. The van der Waals surface area contributed by atoms with Crippen LogP contribution in [0.15, 0.2) is 63.8 Å². The Labute approximate surface area is 373 Å². The van der Waals surface area contributed by atoms with E-state index in [1.54, 1.807) is 0 Å². The van der Waals surface area contributed by atoms with Crippen LogP contribution in [-0.4, -0.2) is 0 Å². The molecule has 0 amide bonds. The minimum Gasteiger partial charge on any atom is -0.0690 e. The van der Waals surface area contributed by atoms with Gasteiger partial charge in [0.05, 0.1) is 0 Å². The average Bonchev–Trinajstić information content (AvgIpc) is 3.70. The maximum Gasteiger partial charge on any atom is -0.0105 e. The van der Waals surface area contributed by atoms with Gasteiger partial charge in [0.15, 0.2) is 0 Å². The molecule has 0 bridgehead atoms. The van der Waals surface area contributed by atoms with Gasteiger partial charge in [-0.25, -0.2) is 0 Å². The Kier molecular flexibility index (Phi) is 38.8. The zero-order valence-electron chi connectivity index (χ0n) is 45.8. The van der Waals surface area contributed by atoms with Crippen molar-refractivity contribution in [3.63, 3.8) is 0 Å². The van der Waals surface area contributed by atoms with E-state index in [2.05, 4.69) is 176 Å². The lowest BCUT2D eigenvalue weighted by Crippen LogP contribution is -1.93. The molecule has 59 heavy (non-hydrogen) atoms. The summed E-state index contributed by atoms with van der Waals surface area (Å²) in [7, 11) is 0. The summed E-state index contributed by atoms with van der Waals surface area (Å²) >= 11 is 0. The van der Waals surface area contributed by atoms with E-state index in [1.165, 1.54) is 130 Å². The lowest BCUT2D eigenvalue weighted by molar-refractivity contribution is 1.14. The predicted octanol–water partition coefficient (Wildman–Crippen LogP) is 20.2. The van der Waals surface area contributed by atoms with Crippen LogP contribution in [0.25, 0.3) is 0 Å². The number of benzene rings is 3. The molecule has 0 atom stereocenters. The first-order valence-electron chi connectivity index (χ1n) is 23.3. The van der Waals surface area contributed by atoms with Gasteiger partial charge in [0.25, 0.3) is 0 Å². The summed E-state index contributed by atoms with van der Waals surface area (Å²) < 4.78 is 0. The Morgan fingerprint density at radius 2 is 0.390 bits per heavy atom. The van der Waals surface area contributed by atoms with Crippen LogP contribution in [0.1, 0.15) is 207 Å². The number of aryl methyl sites for hydroxylation is 6. The zero-order valence-corrected chi connectivity index (χ0v) is 45.8. The van der Waals surface area contributed by atoms with E-state index in [0.29, 0.717) is 0 Å². The Morgan fingerprint density at radius 1 is 0.237 bits per heavy atom. The molecule has 0 saturated carbocycles. The van der Waals surface area contributed by atoms with Gasteiger partial charge in [-0.2, -0.15) is 0 Å². The molecule has 338 valence electrons. The summed E-state index contributed by atoms with van der Waals surface area (Å²) in [6, 6.07) is 6.78. The fourth-order valence-electron chi connectivity index (χ4n) is 6.45. The molecule has 0 aliphatic heterocycles. The van der Waals surface area contributed by atoms with Gasteiger partial charge in [-0.1, -0.05) is 133 Å². The predicted molar refractivity (Wildman–Crippen MR) is 281 cm³/mol. The fourth-order valence-corrected chi connectivity index (χ4v) is 6.45. The molecule has 3 aromatic rings. The van der Waals surface area contributed by atoms with Crippen LogP contribution in [-0.2, 0) is 0 Å². The molecule has 2 aliphatic carbocycles. The van der Waals surface area contributed by atoms with Crippen LogP contribution >= 0.6 is 0 Å². The van der Waals surface area contributed by atoms with Crippen molar-refractivity contribution in [2.24, 2.45) is 0 Å². The van der Waals surface area contributed by atoms with E-state index in [4.69, 9.17) is 0 Å². The number of hydrogen-bond donors (Lipinski definition) is 0. The lowest BCUT2D eigenvalue weighted by Gasteiger charge is -2.10. The second-order valence-electron chi connectivity index (χ2n) is 15.4. The van der Waals surface area contributed by atoms with Crippen molar-refractivity contribution in [3.8, 4) is 0 Å². The van der Waals surface area contributed by atoms with Crippen molar-refractivity contribution in [2.75, 3.05) is 0 Å². The second kappa shape index (κ2) is 35.4. The molecule has 0 unspecified atom stereocenters. The largest absolute Gasteiger partial charge is 0.0690 e. The van der Waals surface area contributed by atoms with Crippen LogP contribution in [0.2, 0.25) is 0 Å². The van der Waals surface area contributed by atoms with Crippen molar-refractivity contribution in [3.05, 3.63) is 147 Å². The fraction of sp³-hybridized carbons (Fsp3) is 0.559. The SMILES string of the molecule is CC.CC.CC.CC.CC.CC1=CC(C)=C(C)C1.CC1=CC(C)=C(C)C1.Cc1cc(C)c(C)c(C)c1C.Cc1cc(C)c(C)c(C)c1C.Cc1cc(C)c(C)c(C)c1C. The van der Waals surface area contributed by atoms with Crippen LogP contribution in [0, 0.1) is 104 Å². The Morgan fingerprint density at radius 3 is 0.475 bits per heavy atom. The summed E-state index contributed by atoms with van der Waals surface area (Å²) in [6.07, 6.45) is 6.92. The second-order valence-corrected chi connectivity index (χ2v) is 15.4. The van der Waals surface area contributed by atoms with Crippen LogP contribution in [0.5, 0.6) is 0 Å². The molecule has 5 rings (SSSR count). The van der Waals surface area contributed by atoms with Crippen molar-refractivity contribution in [1.29, 1.82) is 0 Å². The monoisotopic (exact) mass is 811 g/mol. The highest BCUT2D eigenvalue weighted by atomic mass is 14.1. The molecule has 0 nitrogen and oxygen atoms in total. The molecule has 0 fully saturated rings. The summed E-state index contributed by atoms with van der Waals surface area (Å²) in [5.41, 5.74) is 30.4. The van der Waals surface area contributed by atoms with E-state index < -0.39 is 0 Å². The van der Waals surface area contributed by atoms with Crippen LogP contribution in [0.3, 0.4) is 0 Å². The highest BCUT2D eigenvalue weighted by Crippen LogP contribution is 2.25. The van der Waals surface area contributed by atoms with E-state index in [0.717, 1.165) is 0 Å². The molecule has 0 spiro atoms. The smallest absolute Gasteiger partial charge is 0.0105 e. The maximum absolute atomic E-state index is 2.26. The summed E-state index contributed by atoms with van der Waals surface area (Å²) in [5.74, 6) is 0. The van der Waals surface area contributed by atoms with Crippen molar-refractivity contribution in [2.45, 2.75) is 227 Å². The first kappa shape index (κ1) is 64.8. The average molecular weight is 811 g/mol. The number of allylic oxidation sites excluding steroid dienone is 8. The van der Waals surface area contributed by atoms with Crippen molar-refractivity contribution in [1.82, 2.24) is 0 Å². The van der Waals surface area contributed by atoms with Gasteiger partial charge in [0.1, 0.15) is 0 Å². The molecule has 2 aliphatic rings. The topological polar surface area (TPSA) is 0 Å². The van der Waals surface area contributed by atoms with E-state index in [-0.39, 0.29) is 0 Å². The van der Waals surface area contributed by atoms with Crippen LogP contribution in [0.4, 0.5) is 0 Å². The molecule has 0 radical (unpaired) electrons. The van der Waals surface area contributed by atoms with Gasteiger partial charge < -0.3 is 0 Å².